The fraction of sp³-hybridized carbons (Fsp3) is 0.450. The van der Waals surface area contributed by atoms with E-state index in [9.17, 15) is 9.90 Å². The summed E-state index contributed by atoms with van der Waals surface area (Å²) in [5, 5.41) is 9.48. The van der Waals surface area contributed by atoms with Gasteiger partial charge in [-0.2, -0.15) is 0 Å². The van der Waals surface area contributed by atoms with Gasteiger partial charge in [0.1, 0.15) is 0 Å². The summed E-state index contributed by atoms with van der Waals surface area (Å²) in [6.07, 6.45) is 6.55. The van der Waals surface area contributed by atoms with Crippen molar-refractivity contribution >= 4 is 5.97 Å². The van der Waals surface area contributed by atoms with Crippen LogP contribution in [-0.4, -0.2) is 45.1 Å². The fourth-order valence-corrected chi connectivity index (χ4v) is 3.62. The number of rotatable bonds is 5. The van der Waals surface area contributed by atoms with E-state index < -0.39 is 5.97 Å². The van der Waals surface area contributed by atoms with E-state index in [2.05, 4.69) is 28.7 Å². The van der Waals surface area contributed by atoms with Crippen LogP contribution < -0.4 is 0 Å². The Hall–Kier alpha value is -2.27. The molecule has 1 aliphatic rings. The summed E-state index contributed by atoms with van der Waals surface area (Å²) in [6.45, 7) is 6.69. The van der Waals surface area contributed by atoms with Crippen LogP contribution in [0, 0.1) is 5.92 Å². The molecule has 0 aliphatic carbocycles. The summed E-state index contributed by atoms with van der Waals surface area (Å²) in [7, 11) is 0. The first-order chi connectivity index (χ1) is 12.1. The van der Waals surface area contributed by atoms with Gasteiger partial charge in [0.15, 0.2) is 0 Å². The van der Waals surface area contributed by atoms with Crippen LogP contribution in [-0.2, 0) is 6.42 Å². The van der Waals surface area contributed by atoms with Crippen molar-refractivity contribution in [2.24, 2.45) is 5.92 Å². The highest BCUT2D eigenvalue weighted by Gasteiger charge is 2.24. The second kappa shape index (κ2) is 7.74. The molecule has 3 rings (SSSR count). The molecular weight excluding hydrogens is 314 g/mol. The number of carboxylic acid groups (broad SMARTS) is 1. The molecule has 0 unspecified atom stereocenters. The average Bonchev–Trinajstić information content (AvgIpc) is 2.62. The van der Waals surface area contributed by atoms with Crippen molar-refractivity contribution in [1.82, 2.24) is 14.9 Å². The molecule has 2 aromatic rings. The largest absolute Gasteiger partial charge is 0.478 e. The standard InChI is InChI=1S/C20H25N3O2/c1-14(2)23-11-5-6-15(13-23)12-18-19(22-10-9-21-18)16-7-3-4-8-17(16)20(24)25/h3-4,7-10,14-15H,5-6,11-13H2,1-2H3,(H,24,25)/t15-/m0/s1. The number of carbonyl (C=O) groups is 1. The SMILES string of the molecule is CC(C)N1CCC[C@@H](Cc2nccnc2-c2ccccc2C(=O)O)C1. The lowest BCUT2D eigenvalue weighted by atomic mass is 9.90. The Bertz CT molecular complexity index is 745. The highest BCUT2D eigenvalue weighted by Crippen LogP contribution is 2.28. The molecule has 2 heterocycles. The van der Waals surface area contributed by atoms with Crippen LogP contribution in [0.2, 0.25) is 0 Å². The molecule has 1 fully saturated rings. The molecular formula is C20H25N3O2. The minimum absolute atomic E-state index is 0.275. The normalized spacial score (nSPS) is 18.4. The van der Waals surface area contributed by atoms with Crippen molar-refractivity contribution in [2.45, 2.75) is 39.2 Å². The van der Waals surface area contributed by atoms with E-state index in [0.29, 0.717) is 23.2 Å². The van der Waals surface area contributed by atoms with Gasteiger partial charge in [-0.15, -0.1) is 0 Å². The smallest absolute Gasteiger partial charge is 0.336 e. The Kier molecular flexibility index (Phi) is 5.43. The predicted molar refractivity (Wildman–Crippen MR) is 97.6 cm³/mol. The zero-order valence-electron chi connectivity index (χ0n) is 14.9. The monoisotopic (exact) mass is 339 g/mol. The van der Waals surface area contributed by atoms with E-state index in [-0.39, 0.29) is 5.56 Å². The Balaban J connectivity index is 1.89. The van der Waals surface area contributed by atoms with Gasteiger partial charge in [0.25, 0.3) is 0 Å². The first-order valence-electron chi connectivity index (χ1n) is 8.93. The Morgan fingerprint density at radius 3 is 2.80 bits per heavy atom. The molecule has 1 atom stereocenters. The van der Waals surface area contributed by atoms with Crippen molar-refractivity contribution < 1.29 is 9.90 Å². The lowest BCUT2D eigenvalue weighted by Gasteiger charge is -2.35. The van der Waals surface area contributed by atoms with Crippen LogP contribution in [0.25, 0.3) is 11.3 Å². The van der Waals surface area contributed by atoms with E-state index in [1.54, 1.807) is 24.5 Å². The minimum Gasteiger partial charge on any atom is -0.478 e. The number of aromatic nitrogens is 2. The topological polar surface area (TPSA) is 66.3 Å². The number of likely N-dealkylation sites (tertiary alicyclic amines) is 1. The Labute approximate surface area is 148 Å². The van der Waals surface area contributed by atoms with Gasteiger partial charge in [0, 0.05) is 30.5 Å². The maximum Gasteiger partial charge on any atom is 0.336 e. The van der Waals surface area contributed by atoms with E-state index >= 15 is 0 Å². The van der Waals surface area contributed by atoms with E-state index in [0.717, 1.165) is 25.2 Å². The molecule has 5 nitrogen and oxygen atoms in total. The number of nitrogens with zero attached hydrogens (tertiary/aromatic N) is 3. The molecule has 0 spiro atoms. The Morgan fingerprint density at radius 1 is 1.28 bits per heavy atom. The summed E-state index contributed by atoms with van der Waals surface area (Å²) in [5.41, 5.74) is 2.51. The van der Waals surface area contributed by atoms with E-state index in [4.69, 9.17) is 0 Å². The third-order valence-corrected chi connectivity index (χ3v) is 4.95. The summed E-state index contributed by atoms with van der Waals surface area (Å²) in [5.74, 6) is -0.403. The lowest BCUT2D eigenvalue weighted by molar-refractivity contribution is 0.0697. The van der Waals surface area contributed by atoms with Gasteiger partial charge >= 0.3 is 5.97 Å². The molecule has 132 valence electrons. The highest BCUT2D eigenvalue weighted by atomic mass is 16.4. The van der Waals surface area contributed by atoms with Crippen LogP contribution in [0.3, 0.4) is 0 Å². The number of benzene rings is 1. The van der Waals surface area contributed by atoms with Crippen LogP contribution in [0.4, 0.5) is 0 Å². The van der Waals surface area contributed by atoms with Crippen LogP contribution in [0.5, 0.6) is 0 Å². The third kappa shape index (κ3) is 4.04. The number of piperidine rings is 1. The molecule has 1 aliphatic heterocycles. The van der Waals surface area contributed by atoms with Gasteiger partial charge in [-0.3, -0.25) is 9.97 Å². The molecule has 1 saturated heterocycles. The molecule has 25 heavy (non-hydrogen) atoms. The van der Waals surface area contributed by atoms with Crippen LogP contribution >= 0.6 is 0 Å². The molecule has 0 bridgehead atoms. The van der Waals surface area contributed by atoms with Crippen molar-refractivity contribution in [2.75, 3.05) is 13.1 Å². The van der Waals surface area contributed by atoms with Crippen molar-refractivity contribution in [1.29, 1.82) is 0 Å². The van der Waals surface area contributed by atoms with Crippen molar-refractivity contribution in [3.8, 4) is 11.3 Å². The molecule has 5 heteroatoms. The quantitative estimate of drug-likeness (QED) is 0.903. The first-order valence-corrected chi connectivity index (χ1v) is 8.93. The van der Waals surface area contributed by atoms with Gasteiger partial charge < -0.3 is 10.0 Å². The van der Waals surface area contributed by atoms with Crippen LogP contribution in [0.15, 0.2) is 36.7 Å². The number of hydrogen-bond acceptors (Lipinski definition) is 4. The number of hydrogen-bond donors (Lipinski definition) is 1. The average molecular weight is 339 g/mol. The van der Waals surface area contributed by atoms with Crippen molar-refractivity contribution in [3.63, 3.8) is 0 Å². The molecule has 1 aromatic heterocycles. The fourth-order valence-electron chi connectivity index (χ4n) is 3.62. The number of aromatic carboxylic acids is 1. The summed E-state index contributed by atoms with van der Waals surface area (Å²) >= 11 is 0. The molecule has 1 aromatic carbocycles. The number of carboxylic acids is 1. The third-order valence-electron chi connectivity index (χ3n) is 4.95. The van der Waals surface area contributed by atoms with E-state index in [1.807, 2.05) is 12.1 Å². The van der Waals surface area contributed by atoms with E-state index in [1.165, 1.54) is 12.8 Å². The molecule has 1 N–H and O–H groups in total. The maximum absolute atomic E-state index is 11.6. The maximum atomic E-state index is 11.6. The molecule has 0 saturated carbocycles. The second-order valence-electron chi connectivity index (χ2n) is 7.00. The highest BCUT2D eigenvalue weighted by molar-refractivity contribution is 5.95. The van der Waals surface area contributed by atoms with Gasteiger partial charge in [0.2, 0.25) is 0 Å². The van der Waals surface area contributed by atoms with Gasteiger partial charge in [-0.05, 0) is 51.6 Å². The first kappa shape index (κ1) is 17.5. The second-order valence-corrected chi connectivity index (χ2v) is 7.00. The Morgan fingerprint density at radius 2 is 2.04 bits per heavy atom. The zero-order valence-corrected chi connectivity index (χ0v) is 14.9. The van der Waals surface area contributed by atoms with Gasteiger partial charge in [-0.25, -0.2) is 4.79 Å². The molecule has 0 radical (unpaired) electrons. The van der Waals surface area contributed by atoms with Gasteiger partial charge in [0.05, 0.1) is 17.0 Å². The predicted octanol–water partition coefficient (Wildman–Crippen LogP) is 3.50. The molecule has 0 amide bonds. The minimum atomic E-state index is -0.934. The lowest BCUT2D eigenvalue weighted by Crippen LogP contribution is -2.40. The zero-order chi connectivity index (χ0) is 17.8. The van der Waals surface area contributed by atoms with Crippen molar-refractivity contribution in [3.05, 3.63) is 47.9 Å². The summed E-state index contributed by atoms with van der Waals surface area (Å²) in [6, 6.07) is 7.58. The van der Waals surface area contributed by atoms with Gasteiger partial charge in [-0.1, -0.05) is 18.2 Å². The summed E-state index contributed by atoms with van der Waals surface area (Å²) < 4.78 is 0. The van der Waals surface area contributed by atoms with Crippen LogP contribution in [0.1, 0.15) is 42.7 Å². The summed E-state index contributed by atoms with van der Waals surface area (Å²) in [4.78, 5) is 23.1.